The van der Waals surface area contributed by atoms with E-state index < -0.39 is 5.91 Å². The molecule has 0 aliphatic heterocycles. The third-order valence-electron chi connectivity index (χ3n) is 4.39. The van der Waals surface area contributed by atoms with Crippen LogP contribution in [0.15, 0.2) is 84.4 Å². The maximum atomic E-state index is 13.1. The molecule has 0 unspecified atom stereocenters. The Hall–Kier alpha value is -4.13. The minimum atomic E-state index is -0.464. The monoisotopic (exact) mass is 400 g/mol. The molecule has 0 saturated carbocycles. The van der Waals surface area contributed by atoms with E-state index in [1.165, 1.54) is 36.9 Å². The van der Waals surface area contributed by atoms with Crippen LogP contribution in [0.25, 0.3) is 10.8 Å². The van der Waals surface area contributed by atoms with E-state index in [0.29, 0.717) is 5.75 Å². The molecule has 7 heteroatoms. The summed E-state index contributed by atoms with van der Waals surface area (Å²) in [4.78, 5) is 19.9. The first-order valence-corrected chi connectivity index (χ1v) is 9.19. The van der Waals surface area contributed by atoms with Crippen LogP contribution in [0.2, 0.25) is 0 Å². The molecule has 4 rings (SSSR count). The second kappa shape index (κ2) is 8.91. The lowest BCUT2D eigenvalue weighted by Gasteiger charge is -2.12. The quantitative estimate of drug-likeness (QED) is 0.390. The zero-order chi connectivity index (χ0) is 20.8. The molecule has 4 aromatic rings. The summed E-state index contributed by atoms with van der Waals surface area (Å²) in [6.45, 7) is 0.269. The Morgan fingerprint density at radius 3 is 2.70 bits per heavy atom. The van der Waals surface area contributed by atoms with Crippen LogP contribution in [0.3, 0.4) is 0 Å². The van der Waals surface area contributed by atoms with Crippen molar-refractivity contribution in [3.8, 4) is 5.75 Å². The van der Waals surface area contributed by atoms with Gasteiger partial charge in [-0.05, 0) is 34.5 Å². The van der Waals surface area contributed by atoms with Gasteiger partial charge in [-0.3, -0.25) is 9.78 Å². The predicted octanol–water partition coefficient (Wildman–Crippen LogP) is 4.11. The van der Waals surface area contributed by atoms with Gasteiger partial charge >= 0.3 is 0 Å². The number of nitrogens with zero attached hydrogens (tertiary/aromatic N) is 3. The van der Waals surface area contributed by atoms with Crippen molar-refractivity contribution in [2.75, 3.05) is 0 Å². The first-order valence-electron chi connectivity index (χ1n) is 9.19. The van der Waals surface area contributed by atoms with Crippen molar-refractivity contribution in [3.05, 3.63) is 102 Å². The van der Waals surface area contributed by atoms with Gasteiger partial charge in [-0.2, -0.15) is 5.10 Å². The third-order valence-corrected chi connectivity index (χ3v) is 4.39. The molecule has 1 heterocycles. The van der Waals surface area contributed by atoms with Crippen molar-refractivity contribution in [3.63, 3.8) is 0 Å². The van der Waals surface area contributed by atoms with Crippen LogP contribution in [0.5, 0.6) is 5.75 Å². The number of hydrogen-bond donors (Lipinski definition) is 1. The predicted molar refractivity (Wildman–Crippen MR) is 112 cm³/mol. The summed E-state index contributed by atoms with van der Waals surface area (Å²) >= 11 is 0. The highest BCUT2D eigenvalue weighted by Crippen LogP contribution is 2.27. The van der Waals surface area contributed by atoms with E-state index in [1.807, 2.05) is 36.4 Å². The van der Waals surface area contributed by atoms with Crippen LogP contribution in [-0.2, 0) is 6.61 Å². The molecule has 0 aliphatic rings. The first-order chi connectivity index (χ1) is 14.7. The molecule has 0 bridgehead atoms. The van der Waals surface area contributed by atoms with Crippen LogP contribution in [-0.4, -0.2) is 22.1 Å². The van der Waals surface area contributed by atoms with Crippen molar-refractivity contribution < 1.29 is 13.9 Å². The highest BCUT2D eigenvalue weighted by Gasteiger charge is 2.09. The summed E-state index contributed by atoms with van der Waals surface area (Å²) < 4.78 is 19.1. The highest BCUT2D eigenvalue weighted by molar-refractivity contribution is 6.03. The zero-order valence-corrected chi connectivity index (χ0v) is 15.8. The maximum Gasteiger partial charge on any atom is 0.291 e. The smallest absolute Gasteiger partial charge is 0.291 e. The summed E-state index contributed by atoms with van der Waals surface area (Å²) in [6.07, 6.45) is 5.82. The van der Waals surface area contributed by atoms with E-state index in [9.17, 15) is 9.18 Å². The molecular formula is C23H17FN4O2. The average molecular weight is 400 g/mol. The van der Waals surface area contributed by atoms with Crippen molar-refractivity contribution in [2.45, 2.75) is 6.61 Å². The lowest BCUT2D eigenvalue weighted by atomic mass is 10.0. The van der Waals surface area contributed by atoms with E-state index in [0.717, 1.165) is 21.9 Å². The Balaban J connectivity index is 1.58. The van der Waals surface area contributed by atoms with Gasteiger partial charge in [0.25, 0.3) is 5.91 Å². The Morgan fingerprint density at radius 1 is 1.07 bits per heavy atom. The standard InChI is InChI=1S/C23H17FN4O2/c24-18-8-5-16(6-9-18)15-30-22-10-7-17-3-1-2-4-19(17)20(22)13-27-28-23(29)21-14-25-11-12-26-21/h1-14H,15H2,(H,28,29)/b27-13+. The van der Waals surface area contributed by atoms with E-state index in [-0.39, 0.29) is 18.1 Å². The maximum absolute atomic E-state index is 13.1. The van der Waals surface area contributed by atoms with Gasteiger partial charge < -0.3 is 4.74 Å². The molecule has 0 saturated heterocycles. The van der Waals surface area contributed by atoms with E-state index in [1.54, 1.807) is 12.1 Å². The topological polar surface area (TPSA) is 76.5 Å². The minimum Gasteiger partial charge on any atom is -0.488 e. The molecule has 0 fully saturated rings. The van der Waals surface area contributed by atoms with E-state index >= 15 is 0 Å². The lowest BCUT2D eigenvalue weighted by Crippen LogP contribution is -2.19. The molecule has 148 valence electrons. The number of carbonyl (C=O) groups is 1. The number of fused-ring (bicyclic) bond motifs is 1. The van der Waals surface area contributed by atoms with Gasteiger partial charge in [0.2, 0.25) is 0 Å². The SMILES string of the molecule is O=C(N/N=C/c1c(OCc2ccc(F)cc2)ccc2ccccc12)c1cnccn1. The van der Waals surface area contributed by atoms with Gasteiger partial charge in [-0.15, -0.1) is 0 Å². The number of hydrogen-bond acceptors (Lipinski definition) is 5. The molecule has 1 aromatic heterocycles. The molecule has 3 aromatic carbocycles. The summed E-state index contributed by atoms with van der Waals surface area (Å²) in [5.74, 6) is -0.167. The largest absolute Gasteiger partial charge is 0.488 e. The minimum absolute atomic E-state index is 0.167. The number of rotatable bonds is 6. The summed E-state index contributed by atoms with van der Waals surface area (Å²) in [7, 11) is 0. The lowest BCUT2D eigenvalue weighted by molar-refractivity contribution is 0.0949. The summed E-state index contributed by atoms with van der Waals surface area (Å²) in [5.41, 5.74) is 4.17. The van der Waals surface area contributed by atoms with E-state index in [2.05, 4.69) is 20.5 Å². The summed E-state index contributed by atoms with van der Waals surface area (Å²) in [5, 5.41) is 6.00. The van der Waals surface area contributed by atoms with Crippen molar-refractivity contribution in [1.29, 1.82) is 0 Å². The molecular weight excluding hydrogens is 383 g/mol. The van der Waals surface area contributed by atoms with Gasteiger partial charge in [0.05, 0.1) is 12.4 Å². The van der Waals surface area contributed by atoms with Crippen LogP contribution in [0.1, 0.15) is 21.6 Å². The molecule has 0 atom stereocenters. The second-order valence-electron chi connectivity index (χ2n) is 6.40. The molecule has 0 radical (unpaired) electrons. The Labute approximate surface area is 172 Å². The fraction of sp³-hybridized carbons (Fsp3) is 0.0435. The first kappa shape index (κ1) is 19.2. The zero-order valence-electron chi connectivity index (χ0n) is 15.8. The molecule has 30 heavy (non-hydrogen) atoms. The molecule has 1 N–H and O–H groups in total. The fourth-order valence-electron chi connectivity index (χ4n) is 2.91. The number of halogens is 1. The van der Waals surface area contributed by atoms with Gasteiger partial charge in [-0.25, -0.2) is 14.8 Å². The van der Waals surface area contributed by atoms with Crippen LogP contribution in [0, 0.1) is 5.82 Å². The Morgan fingerprint density at radius 2 is 1.90 bits per heavy atom. The van der Waals surface area contributed by atoms with Gasteiger partial charge in [-0.1, -0.05) is 42.5 Å². The number of amides is 1. The average Bonchev–Trinajstić information content (AvgIpc) is 2.80. The number of carbonyl (C=O) groups excluding carboxylic acids is 1. The van der Waals surface area contributed by atoms with Gasteiger partial charge in [0.15, 0.2) is 0 Å². The fourth-order valence-corrected chi connectivity index (χ4v) is 2.91. The number of ether oxygens (including phenoxy) is 1. The molecule has 0 aliphatic carbocycles. The third kappa shape index (κ3) is 4.47. The van der Waals surface area contributed by atoms with E-state index in [4.69, 9.17) is 4.74 Å². The van der Waals surface area contributed by atoms with Crippen LogP contribution >= 0.6 is 0 Å². The van der Waals surface area contributed by atoms with Gasteiger partial charge in [0, 0.05) is 18.0 Å². The van der Waals surface area contributed by atoms with Crippen LogP contribution in [0.4, 0.5) is 4.39 Å². The number of aromatic nitrogens is 2. The van der Waals surface area contributed by atoms with Crippen molar-refractivity contribution in [2.24, 2.45) is 5.10 Å². The molecule has 0 spiro atoms. The van der Waals surface area contributed by atoms with Crippen LogP contribution < -0.4 is 10.2 Å². The molecule has 6 nitrogen and oxygen atoms in total. The number of nitrogens with one attached hydrogen (secondary N) is 1. The van der Waals surface area contributed by atoms with Crippen molar-refractivity contribution in [1.82, 2.24) is 15.4 Å². The second-order valence-corrected chi connectivity index (χ2v) is 6.40. The normalized spacial score (nSPS) is 11.0. The Kier molecular flexibility index (Phi) is 5.70. The Bertz CT molecular complexity index is 1190. The summed E-state index contributed by atoms with van der Waals surface area (Å²) in [6, 6.07) is 17.7. The number of benzene rings is 3. The van der Waals surface area contributed by atoms with Crippen molar-refractivity contribution >= 4 is 22.9 Å². The highest BCUT2D eigenvalue weighted by atomic mass is 19.1. The molecule has 1 amide bonds. The van der Waals surface area contributed by atoms with Gasteiger partial charge in [0.1, 0.15) is 23.9 Å². The number of hydrazone groups is 1.